The van der Waals surface area contributed by atoms with E-state index in [2.05, 4.69) is 41.0 Å². The third-order valence-corrected chi connectivity index (χ3v) is 5.66. The molecule has 0 bridgehead atoms. The SMILES string of the molecule is CNC(=O)OC(/C=C/C1c2ccccc2-c2ccccc21)c1cccc(NC(=O)OC(C)(C)C)c1. The maximum Gasteiger partial charge on any atom is 0.412 e. The number of alkyl carbamates (subject to hydrolysis) is 1. The number of nitrogens with one attached hydrogen (secondary N) is 2. The van der Waals surface area contributed by atoms with Gasteiger partial charge in [0.05, 0.1) is 0 Å². The fraction of sp³-hybridized carbons (Fsp3) is 0.241. The van der Waals surface area contributed by atoms with E-state index in [0.717, 1.165) is 5.56 Å². The van der Waals surface area contributed by atoms with E-state index >= 15 is 0 Å². The van der Waals surface area contributed by atoms with Crippen LogP contribution in [0.4, 0.5) is 15.3 Å². The van der Waals surface area contributed by atoms with Gasteiger partial charge in [-0.2, -0.15) is 0 Å². The second kappa shape index (κ2) is 10.1. The van der Waals surface area contributed by atoms with Gasteiger partial charge in [-0.15, -0.1) is 0 Å². The van der Waals surface area contributed by atoms with Crippen LogP contribution in [0.2, 0.25) is 0 Å². The summed E-state index contributed by atoms with van der Waals surface area (Å²) in [6.07, 6.45) is 2.22. The summed E-state index contributed by atoms with van der Waals surface area (Å²) in [7, 11) is 1.52. The first-order valence-corrected chi connectivity index (χ1v) is 11.6. The molecule has 0 fully saturated rings. The molecule has 6 heteroatoms. The molecule has 2 N–H and O–H groups in total. The highest BCUT2D eigenvalue weighted by Crippen LogP contribution is 2.45. The van der Waals surface area contributed by atoms with E-state index in [9.17, 15) is 9.59 Å². The summed E-state index contributed by atoms with van der Waals surface area (Å²) in [4.78, 5) is 24.4. The number of amides is 2. The Hall–Kier alpha value is -4.06. The zero-order chi connectivity index (χ0) is 25.0. The second-order valence-corrected chi connectivity index (χ2v) is 9.37. The minimum absolute atomic E-state index is 0.0428. The lowest BCUT2D eigenvalue weighted by Gasteiger charge is -2.20. The van der Waals surface area contributed by atoms with E-state index in [1.54, 1.807) is 39.0 Å². The average Bonchev–Trinajstić information content (AvgIpc) is 3.14. The molecule has 0 saturated heterocycles. The Morgan fingerprint density at radius 2 is 1.51 bits per heavy atom. The summed E-state index contributed by atoms with van der Waals surface area (Å²) in [5, 5.41) is 5.26. The monoisotopic (exact) mass is 470 g/mol. The molecule has 0 radical (unpaired) electrons. The van der Waals surface area contributed by atoms with Crippen molar-refractivity contribution in [1.29, 1.82) is 0 Å². The van der Waals surface area contributed by atoms with Gasteiger partial charge in [0.15, 0.2) is 0 Å². The van der Waals surface area contributed by atoms with Gasteiger partial charge in [-0.1, -0.05) is 66.7 Å². The molecule has 0 spiro atoms. The van der Waals surface area contributed by atoms with Gasteiger partial charge in [0, 0.05) is 18.7 Å². The lowest BCUT2D eigenvalue weighted by atomic mass is 9.95. The highest BCUT2D eigenvalue weighted by atomic mass is 16.6. The zero-order valence-corrected chi connectivity index (χ0v) is 20.4. The third-order valence-electron chi connectivity index (χ3n) is 5.66. The standard InChI is InChI=1S/C29H30N2O4/c1-29(2,3)35-28(33)31-20-11-9-10-19(18-20)26(34-27(32)30-4)17-16-25-23-14-7-5-12-21(23)22-13-6-8-15-24(22)25/h5-18,25-26H,1-4H3,(H,30,32)(H,31,33)/b17-16+. The van der Waals surface area contributed by atoms with E-state index in [4.69, 9.17) is 9.47 Å². The maximum absolute atomic E-state index is 12.2. The summed E-state index contributed by atoms with van der Waals surface area (Å²) < 4.78 is 11.0. The molecule has 3 aromatic rings. The van der Waals surface area contributed by atoms with Crippen LogP contribution in [0.25, 0.3) is 11.1 Å². The van der Waals surface area contributed by atoms with Crippen LogP contribution in [0, 0.1) is 0 Å². The fourth-order valence-electron chi connectivity index (χ4n) is 4.22. The van der Waals surface area contributed by atoms with Gasteiger partial charge < -0.3 is 14.8 Å². The van der Waals surface area contributed by atoms with Crippen LogP contribution in [0.1, 0.15) is 49.5 Å². The predicted octanol–water partition coefficient (Wildman–Crippen LogP) is 6.80. The number of allylic oxidation sites excluding steroid dienone is 1. The molecule has 1 atom stereocenters. The normalized spacial score (nSPS) is 13.6. The number of fused-ring (bicyclic) bond motifs is 3. The van der Waals surface area contributed by atoms with Crippen molar-refractivity contribution in [2.75, 3.05) is 12.4 Å². The lowest BCUT2D eigenvalue weighted by molar-refractivity contribution is 0.0635. The van der Waals surface area contributed by atoms with Crippen LogP contribution in [0.3, 0.4) is 0 Å². The Bertz CT molecular complexity index is 1210. The molecule has 0 aliphatic heterocycles. The second-order valence-electron chi connectivity index (χ2n) is 9.37. The van der Waals surface area contributed by atoms with Gasteiger partial charge in [0.1, 0.15) is 11.7 Å². The molecule has 4 rings (SSSR count). The smallest absolute Gasteiger partial charge is 0.412 e. The minimum Gasteiger partial charge on any atom is -0.444 e. The number of ether oxygens (including phenoxy) is 2. The molecule has 2 amide bonds. The summed E-state index contributed by atoms with van der Waals surface area (Å²) in [5.74, 6) is 0.0428. The van der Waals surface area contributed by atoms with Crippen LogP contribution in [0.15, 0.2) is 84.9 Å². The van der Waals surface area contributed by atoms with Crippen molar-refractivity contribution in [1.82, 2.24) is 5.32 Å². The van der Waals surface area contributed by atoms with Gasteiger partial charge in [-0.05, 0) is 66.8 Å². The third kappa shape index (κ3) is 5.72. The van der Waals surface area contributed by atoms with E-state index in [-0.39, 0.29) is 5.92 Å². The number of anilines is 1. The van der Waals surface area contributed by atoms with E-state index in [1.807, 2.05) is 36.4 Å². The summed E-state index contributed by atoms with van der Waals surface area (Å²) in [6.45, 7) is 5.42. The van der Waals surface area contributed by atoms with Crippen LogP contribution in [-0.4, -0.2) is 24.8 Å². The Morgan fingerprint density at radius 1 is 0.886 bits per heavy atom. The van der Waals surface area contributed by atoms with Crippen molar-refractivity contribution in [2.24, 2.45) is 0 Å². The predicted molar refractivity (Wildman–Crippen MR) is 137 cm³/mol. The molecule has 3 aromatic carbocycles. The van der Waals surface area contributed by atoms with Crippen LogP contribution in [-0.2, 0) is 9.47 Å². The molecule has 180 valence electrons. The Kier molecular flexibility index (Phi) is 6.92. The van der Waals surface area contributed by atoms with Gasteiger partial charge >= 0.3 is 12.2 Å². The number of carbonyl (C=O) groups is 2. The van der Waals surface area contributed by atoms with Crippen molar-refractivity contribution in [3.63, 3.8) is 0 Å². The summed E-state index contributed by atoms with van der Waals surface area (Å²) in [5.41, 5.74) is 5.51. The first-order chi connectivity index (χ1) is 16.7. The summed E-state index contributed by atoms with van der Waals surface area (Å²) >= 11 is 0. The van der Waals surface area contributed by atoms with Crippen molar-refractivity contribution in [3.05, 3.63) is 102 Å². The Labute approximate surface area is 206 Å². The molecule has 35 heavy (non-hydrogen) atoms. The number of carbonyl (C=O) groups excluding carboxylic acids is 2. The number of rotatable bonds is 5. The summed E-state index contributed by atoms with van der Waals surface area (Å²) in [6, 6.07) is 23.9. The van der Waals surface area contributed by atoms with Gasteiger partial charge in [-0.3, -0.25) is 5.32 Å². The molecule has 0 heterocycles. The molecule has 1 aliphatic carbocycles. The van der Waals surface area contributed by atoms with Crippen molar-refractivity contribution in [3.8, 4) is 11.1 Å². The highest BCUT2D eigenvalue weighted by molar-refractivity contribution is 5.85. The van der Waals surface area contributed by atoms with E-state index in [1.165, 1.54) is 29.3 Å². The van der Waals surface area contributed by atoms with Crippen LogP contribution < -0.4 is 10.6 Å². The molecule has 6 nitrogen and oxygen atoms in total. The maximum atomic E-state index is 12.2. The van der Waals surface area contributed by atoms with Gasteiger partial charge in [0.2, 0.25) is 0 Å². The van der Waals surface area contributed by atoms with E-state index in [0.29, 0.717) is 5.69 Å². The average molecular weight is 471 g/mol. The van der Waals surface area contributed by atoms with Crippen molar-refractivity contribution < 1.29 is 19.1 Å². The molecular weight excluding hydrogens is 440 g/mol. The van der Waals surface area contributed by atoms with Crippen molar-refractivity contribution >= 4 is 17.9 Å². The molecule has 0 aromatic heterocycles. The molecule has 1 unspecified atom stereocenters. The molecular formula is C29H30N2O4. The Morgan fingerprint density at radius 3 is 2.11 bits per heavy atom. The van der Waals surface area contributed by atoms with E-state index < -0.39 is 23.9 Å². The first kappa shape index (κ1) is 24.1. The topological polar surface area (TPSA) is 76.7 Å². The number of benzene rings is 3. The quantitative estimate of drug-likeness (QED) is 0.402. The van der Waals surface area contributed by atoms with Crippen molar-refractivity contribution in [2.45, 2.75) is 38.4 Å². The fourth-order valence-corrected chi connectivity index (χ4v) is 4.22. The number of hydrogen-bond acceptors (Lipinski definition) is 4. The van der Waals surface area contributed by atoms with Crippen LogP contribution in [0.5, 0.6) is 0 Å². The van der Waals surface area contributed by atoms with Gasteiger partial charge in [-0.25, -0.2) is 9.59 Å². The minimum atomic E-state index is -0.657. The van der Waals surface area contributed by atoms with Gasteiger partial charge in [0.25, 0.3) is 0 Å². The van der Waals surface area contributed by atoms with Crippen LogP contribution >= 0.6 is 0 Å². The Balaban J connectivity index is 1.63. The number of hydrogen-bond donors (Lipinski definition) is 2. The lowest BCUT2D eigenvalue weighted by Crippen LogP contribution is -2.27. The molecule has 0 saturated carbocycles. The highest BCUT2D eigenvalue weighted by Gasteiger charge is 2.26. The first-order valence-electron chi connectivity index (χ1n) is 11.6. The largest absolute Gasteiger partial charge is 0.444 e. The zero-order valence-electron chi connectivity index (χ0n) is 20.4. The molecule has 1 aliphatic rings.